The fourth-order valence-corrected chi connectivity index (χ4v) is 1.79. The van der Waals surface area contributed by atoms with Crippen LogP contribution in [0.15, 0.2) is 0 Å². The van der Waals surface area contributed by atoms with E-state index in [0.717, 1.165) is 25.9 Å². The number of hydrogen-bond acceptors (Lipinski definition) is 3. The SMILES string of the molecule is C[C@@]1(CCCB(O)O)CCNC1. The largest absolute Gasteiger partial charge is 0.451 e. The van der Waals surface area contributed by atoms with Crippen LogP contribution in [0.5, 0.6) is 0 Å². The maximum atomic E-state index is 8.65. The molecule has 70 valence electrons. The molecule has 0 aromatic carbocycles. The van der Waals surface area contributed by atoms with Gasteiger partial charge in [-0.25, -0.2) is 0 Å². The third kappa shape index (κ3) is 3.13. The monoisotopic (exact) mass is 171 g/mol. The van der Waals surface area contributed by atoms with Gasteiger partial charge in [0.05, 0.1) is 0 Å². The lowest BCUT2D eigenvalue weighted by molar-refractivity contribution is 0.322. The Hall–Kier alpha value is -0.0551. The molecule has 3 N–H and O–H groups in total. The lowest BCUT2D eigenvalue weighted by atomic mass is 9.77. The molecule has 0 unspecified atom stereocenters. The lowest BCUT2D eigenvalue weighted by Crippen LogP contribution is -2.21. The molecule has 12 heavy (non-hydrogen) atoms. The molecule has 1 rings (SSSR count). The zero-order valence-corrected chi connectivity index (χ0v) is 7.71. The minimum absolute atomic E-state index is 0.398. The standard InChI is InChI=1S/C8H18BNO2/c1-8(4-6-10-7-8)3-2-5-9(11)12/h10-12H,2-7H2,1H3/t8-/m1/s1. The molecular formula is C8H18BNO2. The number of rotatable bonds is 4. The molecule has 1 saturated heterocycles. The van der Waals surface area contributed by atoms with E-state index in [0.29, 0.717) is 11.7 Å². The summed E-state index contributed by atoms with van der Waals surface area (Å²) in [5, 5.41) is 20.6. The highest BCUT2D eigenvalue weighted by molar-refractivity contribution is 6.40. The van der Waals surface area contributed by atoms with Crippen LogP contribution in [0.1, 0.15) is 26.2 Å². The Bertz CT molecular complexity index is 135. The summed E-state index contributed by atoms with van der Waals surface area (Å²) in [4.78, 5) is 0. The summed E-state index contributed by atoms with van der Waals surface area (Å²) >= 11 is 0. The number of hydrogen-bond donors (Lipinski definition) is 3. The molecule has 1 aliphatic rings. The summed E-state index contributed by atoms with van der Waals surface area (Å²) < 4.78 is 0. The molecule has 0 saturated carbocycles. The van der Waals surface area contributed by atoms with E-state index >= 15 is 0 Å². The van der Waals surface area contributed by atoms with Gasteiger partial charge in [-0.3, -0.25) is 0 Å². The highest BCUT2D eigenvalue weighted by Crippen LogP contribution is 2.30. The molecule has 0 aromatic heterocycles. The predicted molar refractivity (Wildman–Crippen MR) is 49.8 cm³/mol. The summed E-state index contributed by atoms with van der Waals surface area (Å²) in [5.74, 6) is 0. The van der Waals surface area contributed by atoms with Crippen LogP contribution in [-0.4, -0.2) is 30.3 Å². The van der Waals surface area contributed by atoms with E-state index in [9.17, 15) is 0 Å². The smallest absolute Gasteiger partial charge is 0.427 e. The zero-order valence-electron chi connectivity index (χ0n) is 7.71. The van der Waals surface area contributed by atoms with Crippen LogP contribution in [0.2, 0.25) is 6.32 Å². The highest BCUT2D eigenvalue weighted by atomic mass is 16.4. The second-order valence-corrected chi connectivity index (χ2v) is 4.11. The van der Waals surface area contributed by atoms with Crippen molar-refractivity contribution in [2.24, 2.45) is 5.41 Å². The molecule has 0 spiro atoms. The Morgan fingerprint density at radius 3 is 2.75 bits per heavy atom. The molecule has 1 fully saturated rings. The van der Waals surface area contributed by atoms with Gasteiger partial charge in [-0.05, 0) is 31.1 Å². The molecule has 0 bridgehead atoms. The number of nitrogens with one attached hydrogen (secondary N) is 1. The Morgan fingerprint density at radius 2 is 2.25 bits per heavy atom. The first kappa shape index (κ1) is 10.0. The Morgan fingerprint density at radius 1 is 1.50 bits per heavy atom. The lowest BCUT2D eigenvalue weighted by Gasteiger charge is -2.21. The Kier molecular flexibility index (Phi) is 3.56. The van der Waals surface area contributed by atoms with Gasteiger partial charge in [-0.2, -0.15) is 0 Å². The topological polar surface area (TPSA) is 52.5 Å². The van der Waals surface area contributed by atoms with Gasteiger partial charge in [0.2, 0.25) is 0 Å². The third-order valence-electron chi connectivity index (χ3n) is 2.70. The van der Waals surface area contributed by atoms with E-state index in [4.69, 9.17) is 10.0 Å². The highest BCUT2D eigenvalue weighted by Gasteiger charge is 2.27. The maximum absolute atomic E-state index is 8.65. The first-order chi connectivity index (χ1) is 5.62. The third-order valence-corrected chi connectivity index (χ3v) is 2.70. The van der Waals surface area contributed by atoms with Crippen LogP contribution in [-0.2, 0) is 0 Å². The van der Waals surface area contributed by atoms with E-state index in [1.807, 2.05) is 0 Å². The van der Waals surface area contributed by atoms with E-state index in [2.05, 4.69) is 12.2 Å². The van der Waals surface area contributed by atoms with Crippen LogP contribution < -0.4 is 5.32 Å². The quantitative estimate of drug-likeness (QED) is 0.531. The van der Waals surface area contributed by atoms with E-state index in [-0.39, 0.29) is 0 Å². The van der Waals surface area contributed by atoms with Gasteiger partial charge in [0, 0.05) is 6.54 Å². The van der Waals surface area contributed by atoms with E-state index < -0.39 is 7.12 Å². The summed E-state index contributed by atoms with van der Waals surface area (Å²) in [5.41, 5.74) is 0.398. The van der Waals surface area contributed by atoms with E-state index in [1.165, 1.54) is 6.42 Å². The van der Waals surface area contributed by atoms with Gasteiger partial charge in [0.1, 0.15) is 0 Å². The van der Waals surface area contributed by atoms with Crippen molar-refractivity contribution in [3.05, 3.63) is 0 Å². The second kappa shape index (κ2) is 4.26. The van der Waals surface area contributed by atoms with Gasteiger partial charge in [-0.15, -0.1) is 0 Å². The van der Waals surface area contributed by atoms with Crippen molar-refractivity contribution in [2.45, 2.75) is 32.5 Å². The van der Waals surface area contributed by atoms with Crippen molar-refractivity contribution in [3.8, 4) is 0 Å². The summed E-state index contributed by atoms with van der Waals surface area (Å²) in [7, 11) is -1.12. The fourth-order valence-electron chi connectivity index (χ4n) is 1.79. The van der Waals surface area contributed by atoms with Gasteiger partial charge >= 0.3 is 7.12 Å². The average molecular weight is 171 g/mol. The van der Waals surface area contributed by atoms with Crippen LogP contribution in [0, 0.1) is 5.41 Å². The van der Waals surface area contributed by atoms with Crippen molar-refractivity contribution >= 4 is 7.12 Å². The molecule has 0 aromatic rings. The second-order valence-electron chi connectivity index (χ2n) is 4.11. The van der Waals surface area contributed by atoms with Gasteiger partial charge < -0.3 is 15.4 Å². The molecular weight excluding hydrogens is 153 g/mol. The molecule has 0 radical (unpaired) electrons. The maximum Gasteiger partial charge on any atom is 0.451 e. The molecule has 0 aliphatic carbocycles. The minimum Gasteiger partial charge on any atom is -0.427 e. The molecule has 1 heterocycles. The summed E-state index contributed by atoms with van der Waals surface area (Å²) in [6, 6.07) is 0. The molecule has 0 amide bonds. The van der Waals surface area contributed by atoms with Gasteiger partial charge in [0.25, 0.3) is 0 Å². The summed E-state index contributed by atoms with van der Waals surface area (Å²) in [6.07, 6.45) is 3.73. The average Bonchev–Trinajstić information content (AvgIpc) is 2.35. The van der Waals surface area contributed by atoms with Crippen molar-refractivity contribution in [1.82, 2.24) is 5.32 Å². The fraction of sp³-hybridized carbons (Fsp3) is 1.00. The van der Waals surface area contributed by atoms with Crippen LogP contribution in [0.3, 0.4) is 0 Å². The zero-order chi connectivity index (χ0) is 9.03. The van der Waals surface area contributed by atoms with Gasteiger partial charge in [0.15, 0.2) is 0 Å². The molecule has 1 aliphatic heterocycles. The predicted octanol–water partition coefficient (Wildman–Crippen LogP) is 0.239. The van der Waals surface area contributed by atoms with Crippen molar-refractivity contribution in [3.63, 3.8) is 0 Å². The summed E-state index contributed by atoms with van der Waals surface area (Å²) in [6.45, 7) is 4.45. The molecule has 1 atom stereocenters. The molecule has 3 nitrogen and oxygen atoms in total. The van der Waals surface area contributed by atoms with E-state index in [1.54, 1.807) is 0 Å². The first-order valence-electron chi connectivity index (χ1n) is 4.69. The normalized spacial score (nSPS) is 29.2. The first-order valence-corrected chi connectivity index (χ1v) is 4.69. The van der Waals surface area contributed by atoms with Gasteiger partial charge in [-0.1, -0.05) is 13.3 Å². The Labute approximate surface area is 74.3 Å². The van der Waals surface area contributed by atoms with Crippen molar-refractivity contribution in [2.75, 3.05) is 13.1 Å². The minimum atomic E-state index is -1.12. The van der Waals surface area contributed by atoms with Crippen molar-refractivity contribution in [1.29, 1.82) is 0 Å². The Balaban J connectivity index is 2.13. The molecule has 4 heteroatoms. The van der Waals surface area contributed by atoms with Crippen LogP contribution in [0.4, 0.5) is 0 Å². The van der Waals surface area contributed by atoms with Crippen LogP contribution in [0.25, 0.3) is 0 Å². The van der Waals surface area contributed by atoms with Crippen LogP contribution >= 0.6 is 0 Å². The van der Waals surface area contributed by atoms with Crippen molar-refractivity contribution < 1.29 is 10.0 Å².